The number of carbonyl (C=O) groups excluding carboxylic acids is 1. The summed E-state index contributed by atoms with van der Waals surface area (Å²) in [5.74, 6) is 1.35. The maximum absolute atomic E-state index is 12.1. The molecule has 0 fully saturated rings. The first-order chi connectivity index (χ1) is 15.6. The molecule has 182 valence electrons. The molecule has 0 aliphatic carbocycles. The number of carbonyl (C=O) groups is 1. The van der Waals surface area contributed by atoms with Gasteiger partial charge in [-0.1, -0.05) is 30.7 Å². The number of unbranched alkanes of at least 4 members (excludes halogenated alkanes) is 1. The molecule has 6 heteroatoms. The van der Waals surface area contributed by atoms with Crippen molar-refractivity contribution in [3.63, 3.8) is 0 Å². The van der Waals surface area contributed by atoms with Gasteiger partial charge in [0.25, 0.3) is 0 Å². The zero-order valence-corrected chi connectivity index (χ0v) is 22.5. The standard InChI is InChI=1S/C27H41N2O3P/c1-8-20(3)24(16-11-10-12-17-33)25(28-9-2)18-21(4)31-23-15-13-14-22(19-23)29-26(30)32-27(5,6)7/h11,13-16,18-19H,8-10,12,17,33H2,1-7H3,(H,29,30)/b16-11-,21-18+,24-20+,28-25?. The van der Waals surface area contributed by atoms with Crippen LogP contribution in [-0.2, 0) is 4.74 Å². The van der Waals surface area contributed by atoms with Gasteiger partial charge < -0.3 is 9.47 Å². The molecule has 0 saturated heterocycles. The number of hydrogen-bond donors (Lipinski definition) is 1. The summed E-state index contributed by atoms with van der Waals surface area (Å²) in [7, 11) is 2.77. The Morgan fingerprint density at radius 2 is 1.94 bits per heavy atom. The van der Waals surface area contributed by atoms with Crippen LogP contribution in [0.5, 0.6) is 5.75 Å². The number of amides is 1. The SMILES string of the molecule is CCN=C(/C=C(\C)Oc1cccc(NC(=O)OC(C)(C)C)c1)C(/C=C\CCCP)=C(\C)CC. The van der Waals surface area contributed by atoms with Gasteiger partial charge in [0.2, 0.25) is 0 Å². The summed E-state index contributed by atoms with van der Waals surface area (Å²) < 4.78 is 11.4. The first kappa shape index (κ1) is 28.6. The van der Waals surface area contributed by atoms with Crippen LogP contribution >= 0.6 is 9.24 Å². The summed E-state index contributed by atoms with van der Waals surface area (Å²) in [6.45, 7) is 14.4. The molecule has 1 N–H and O–H groups in total. The van der Waals surface area contributed by atoms with E-state index in [9.17, 15) is 4.79 Å². The van der Waals surface area contributed by atoms with Gasteiger partial charge in [-0.15, -0.1) is 9.24 Å². The van der Waals surface area contributed by atoms with Crippen molar-refractivity contribution in [2.45, 2.75) is 73.3 Å². The van der Waals surface area contributed by atoms with Crippen molar-refractivity contribution in [2.24, 2.45) is 4.99 Å². The van der Waals surface area contributed by atoms with E-state index in [1.165, 1.54) is 5.57 Å². The number of ether oxygens (including phenoxy) is 2. The Morgan fingerprint density at radius 3 is 2.55 bits per heavy atom. The van der Waals surface area contributed by atoms with E-state index < -0.39 is 11.7 Å². The number of anilines is 1. The maximum atomic E-state index is 12.1. The van der Waals surface area contributed by atoms with Gasteiger partial charge in [0.15, 0.2) is 0 Å². The zero-order chi connectivity index (χ0) is 24.9. The van der Waals surface area contributed by atoms with Crippen LogP contribution in [0.2, 0.25) is 0 Å². The van der Waals surface area contributed by atoms with Gasteiger partial charge in [-0.05, 0) is 84.7 Å². The molecule has 1 aromatic carbocycles. The highest BCUT2D eigenvalue weighted by molar-refractivity contribution is 7.16. The fourth-order valence-corrected chi connectivity index (χ4v) is 3.15. The fraction of sp³-hybridized carbons (Fsp3) is 0.481. The molecule has 0 spiro atoms. The summed E-state index contributed by atoms with van der Waals surface area (Å²) in [5, 5.41) is 2.74. The Balaban J connectivity index is 3.06. The molecule has 0 radical (unpaired) electrons. The quantitative estimate of drug-likeness (QED) is 0.118. The first-order valence-electron chi connectivity index (χ1n) is 11.7. The number of aliphatic imine (C=N–C) groups is 1. The third-order valence-corrected chi connectivity index (χ3v) is 4.96. The van der Waals surface area contributed by atoms with Crippen molar-refractivity contribution in [2.75, 3.05) is 18.0 Å². The van der Waals surface area contributed by atoms with Gasteiger partial charge >= 0.3 is 6.09 Å². The van der Waals surface area contributed by atoms with E-state index in [0.29, 0.717) is 18.0 Å². The second kappa shape index (κ2) is 14.7. The number of nitrogens with zero attached hydrogens (tertiary/aromatic N) is 1. The summed E-state index contributed by atoms with van der Waals surface area (Å²) in [6.07, 6.45) is 10.1. The molecular weight excluding hydrogens is 431 g/mol. The number of benzene rings is 1. The minimum absolute atomic E-state index is 0.498. The van der Waals surface area contributed by atoms with E-state index in [1.807, 2.05) is 52.8 Å². The minimum atomic E-state index is -0.557. The van der Waals surface area contributed by atoms with Gasteiger partial charge in [-0.25, -0.2) is 4.79 Å². The van der Waals surface area contributed by atoms with E-state index in [-0.39, 0.29) is 0 Å². The predicted molar refractivity (Wildman–Crippen MR) is 145 cm³/mol. The maximum Gasteiger partial charge on any atom is 0.412 e. The van der Waals surface area contributed by atoms with Crippen LogP contribution < -0.4 is 10.1 Å². The van der Waals surface area contributed by atoms with E-state index in [1.54, 1.807) is 12.1 Å². The van der Waals surface area contributed by atoms with E-state index in [4.69, 9.17) is 14.5 Å². The molecule has 1 atom stereocenters. The molecule has 1 unspecified atom stereocenters. The van der Waals surface area contributed by atoms with Crippen LogP contribution in [0.1, 0.15) is 67.7 Å². The average Bonchev–Trinajstić information content (AvgIpc) is 2.72. The predicted octanol–water partition coefficient (Wildman–Crippen LogP) is 7.72. The molecule has 33 heavy (non-hydrogen) atoms. The van der Waals surface area contributed by atoms with Crippen molar-refractivity contribution < 1.29 is 14.3 Å². The molecule has 1 amide bonds. The van der Waals surface area contributed by atoms with Crippen LogP contribution in [0.4, 0.5) is 10.5 Å². The van der Waals surface area contributed by atoms with Gasteiger partial charge in [0, 0.05) is 24.4 Å². The Kier molecular flexibility index (Phi) is 12.8. The molecule has 0 bridgehead atoms. The van der Waals surface area contributed by atoms with Gasteiger partial charge in [0.05, 0.1) is 5.71 Å². The molecule has 0 aliphatic rings. The van der Waals surface area contributed by atoms with Crippen LogP contribution in [0.15, 0.2) is 64.4 Å². The lowest BCUT2D eigenvalue weighted by Gasteiger charge is -2.19. The third kappa shape index (κ3) is 11.9. The summed E-state index contributed by atoms with van der Waals surface area (Å²) in [5.41, 5.74) is 3.40. The number of hydrogen-bond acceptors (Lipinski definition) is 4. The molecule has 5 nitrogen and oxygen atoms in total. The smallest absolute Gasteiger partial charge is 0.412 e. The lowest BCUT2D eigenvalue weighted by Crippen LogP contribution is -2.27. The second-order valence-corrected chi connectivity index (χ2v) is 9.33. The Hall–Kier alpha value is -2.39. The van der Waals surface area contributed by atoms with Crippen LogP contribution in [0.25, 0.3) is 0 Å². The number of nitrogens with one attached hydrogen (secondary N) is 1. The van der Waals surface area contributed by atoms with Crippen molar-refractivity contribution in [3.8, 4) is 5.75 Å². The Labute approximate surface area is 202 Å². The number of allylic oxidation sites excluding steroid dienone is 6. The van der Waals surface area contributed by atoms with Crippen molar-refractivity contribution >= 4 is 26.7 Å². The van der Waals surface area contributed by atoms with Crippen molar-refractivity contribution in [1.29, 1.82) is 0 Å². The van der Waals surface area contributed by atoms with E-state index in [2.05, 4.69) is 40.6 Å². The molecule has 0 saturated carbocycles. The number of rotatable bonds is 11. The average molecular weight is 473 g/mol. The molecular formula is C27H41N2O3P. The lowest BCUT2D eigenvalue weighted by atomic mass is 10.0. The molecule has 0 aromatic heterocycles. The summed E-state index contributed by atoms with van der Waals surface area (Å²) in [6, 6.07) is 7.25. The molecule has 1 aromatic rings. The molecule has 0 aliphatic heterocycles. The molecule has 1 rings (SSSR count). The summed E-state index contributed by atoms with van der Waals surface area (Å²) >= 11 is 0. The highest BCUT2D eigenvalue weighted by Crippen LogP contribution is 2.21. The first-order valence-corrected chi connectivity index (χ1v) is 12.5. The van der Waals surface area contributed by atoms with Crippen molar-refractivity contribution in [3.05, 3.63) is 59.4 Å². The fourth-order valence-electron chi connectivity index (χ4n) is 2.92. The monoisotopic (exact) mass is 472 g/mol. The minimum Gasteiger partial charge on any atom is -0.462 e. The van der Waals surface area contributed by atoms with Crippen LogP contribution in [0, 0.1) is 0 Å². The largest absolute Gasteiger partial charge is 0.462 e. The third-order valence-electron chi connectivity index (χ3n) is 4.55. The Bertz CT molecular complexity index is 893. The highest BCUT2D eigenvalue weighted by atomic mass is 31.0. The zero-order valence-electron chi connectivity index (χ0n) is 21.3. The van der Waals surface area contributed by atoms with Gasteiger partial charge in [-0.3, -0.25) is 10.3 Å². The van der Waals surface area contributed by atoms with Crippen LogP contribution in [-0.4, -0.2) is 30.1 Å². The summed E-state index contributed by atoms with van der Waals surface area (Å²) in [4.78, 5) is 16.8. The van der Waals surface area contributed by atoms with E-state index >= 15 is 0 Å². The normalized spacial score (nSPS) is 13.7. The van der Waals surface area contributed by atoms with E-state index in [0.717, 1.165) is 42.5 Å². The van der Waals surface area contributed by atoms with Crippen molar-refractivity contribution in [1.82, 2.24) is 0 Å². The van der Waals surface area contributed by atoms with Gasteiger partial charge in [0.1, 0.15) is 17.1 Å². The van der Waals surface area contributed by atoms with Crippen LogP contribution in [0.3, 0.4) is 0 Å². The lowest BCUT2D eigenvalue weighted by molar-refractivity contribution is 0.0636. The second-order valence-electron chi connectivity index (χ2n) is 8.75. The molecule has 0 heterocycles. The Morgan fingerprint density at radius 1 is 1.21 bits per heavy atom. The topological polar surface area (TPSA) is 59.9 Å². The highest BCUT2D eigenvalue weighted by Gasteiger charge is 2.16. The van der Waals surface area contributed by atoms with Gasteiger partial charge in [-0.2, -0.15) is 0 Å².